The van der Waals surface area contributed by atoms with Gasteiger partial charge >= 0.3 is 0 Å². The average molecular weight is 329 g/mol. The molecule has 4 nitrogen and oxygen atoms in total. The number of nitrogens with two attached hydrogens (primary N) is 1. The summed E-state index contributed by atoms with van der Waals surface area (Å²) in [4.78, 5) is 11.9. The van der Waals surface area contributed by atoms with Crippen LogP contribution >= 0.6 is 15.9 Å². The molecule has 0 fully saturated rings. The van der Waals surface area contributed by atoms with Crippen LogP contribution in [0.2, 0.25) is 0 Å². The Morgan fingerprint density at radius 1 is 1.42 bits per heavy atom. The Kier molecular flexibility index (Phi) is 6.31. The molecule has 5 heteroatoms. The molecule has 0 saturated heterocycles. The molecule has 0 aromatic heterocycles. The number of anilines is 1. The second kappa shape index (κ2) is 7.50. The number of ether oxygens (including phenoxy) is 1. The van der Waals surface area contributed by atoms with Crippen molar-refractivity contribution in [1.29, 1.82) is 0 Å². The van der Waals surface area contributed by atoms with Gasteiger partial charge in [0.1, 0.15) is 5.75 Å². The summed E-state index contributed by atoms with van der Waals surface area (Å²) in [5.41, 5.74) is 6.46. The van der Waals surface area contributed by atoms with Crippen LogP contribution in [0.4, 0.5) is 5.69 Å². The maximum atomic E-state index is 11.9. The first kappa shape index (κ1) is 16.0. The van der Waals surface area contributed by atoms with Crippen molar-refractivity contribution in [2.45, 2.75) is 45.8 Å². The predicted molar refractivity (Wildman–Crippen MR) is 81.4 cm³/mol. The van der Waals surface area contributed by atoms with Crippen LogP contribution in [0.1, 0.15) is 33.6 Å². The van der Waals surface area contributed by atoms with E-state index in [-0.39, 0.29) is 12.0 Å². The van der Waals surface area contributed by atoms with Gasteiger partial charge in [0.05, 0.1) is 12.1 Å². The molecule has 0 aliphatic carbocycles. The zero-order valence-electron chi connectivity index (χ0n) is 11.6. The zero-order valence-corrected chi connectivity index (χ0v) is 13.2. The minimum Gasteiger partial charge on any atom is -0.491 e. The van der Waals surface area contributed by atoms with E-state index in [1.54, 1.807) is 6.07 Å². The molecule has 0 saturated carbocycles. The number of hydrogen-bond acceptors (Lipinski definition) is 3. The van der Waals surface area contributed by atoms with E-state index in [2.05, 4.69) is 21.2 Å². The summed E-state index contributed by atoms with van der Waals surface area (Å²) in [6.07, 6.45) is 1.64. The number of halogens is 1. The molecular weight excluding hydrogens is 308 g/mol. The first-order valence-corrected chi connectivity index (χ1v) is 7.25. The summed E-state index contributed by atoms with van der Waals surface area (Å²) in [7, 11) is 0. The van der Waals surface area contributed by atoms with Gasteiger partial charge in [-0.3, -0.25) is 4.79 Å². The molecule has 0 aliphatic heterocycles. The van der Waals surface area contributed by atoms with E-state index in [1.807, 2.05) is 32.9 Å². The average Bonchev–Trinajstić information content (AvgIpc) is 2.27. The molecule has 0 heterocycles. The molecule has 1 atom stereocenters. The zero-order chi connectivity index (χ0) is 14.4. The van der Waals surface area contributed by atoms with Crippen molar-refractivity contribution in [2.24, 2.45) is 5.73 Å². The molecule has 0 radical (unpaired) electrons. The van der Waals surface area contributed by atoms with Crippen molar-refractivity contribution < 1.29 is 9.53 Å². The number of hydrogen-bond donors (Lipinski definition) is 2. The topological polar surface area (TPSA) is 64.4 Å². The van der Waals surface area contributed by atoms with E-state index in [4.69, 9.17) is 10.5 Å². The lowest BCUT2D eigenvalue weighted by Crippen LogP contribution is -2.35. The molecule has 3 N–H and O–H groups in total. The largest absolute Gasteiger partial charge is 0.491 e. The molecule has 1 aromatic carbocycles. The fourth-order valence-corrected chi connectivity index (χ4v) is 2.12. The molecule has 0 bridgehead atoms. The van der Waals surface area contributed by atoms with E-state index >= 15 is 0 Å². The molecule has 1 aromatic rings. The van der Waals surface area contributed by atoms with Gasteiger partial charge in [0.25, 0.3) is 0 Å². The van der Waals surface area contributed by atoms with Gasteiger partial charge in [0.15, 0.2) is 0 Å². The van der Waals surface area contributed by atoms with Gasteiger partial charge in [-0.15, -0.1) is 0 Å². The van der Waals surface area contributed by atoms with Crippen LogP contribution in [0.15, 0.2) is 22.7 Å². The van der Waals surface area contributed by atoms with Gasteiger partial charge < -0.3 is 15.8 Å². The van der Waals surface area contributed by atoms with Gasteiger partial charge in [0, 0.05) is 16.2 Å². The Bertz CT molecular complexity index is 435. The molecule has 19 heavy (non-hydrogen) atoms. The van der Waals surface area contributed by atoms with Crippen LogP contribution in [0.25, 0.3) is 0 Å². The van der Waals surface area contributed by atoms with Crippen molar-refractivity contribution in [3.8, 4) is 5.75 Å². The van der Waals surface area contributed by atoms with Gasteiger partial charge in [-0.05, 0) is 32.4 Å². The van der Waals surface area contributed by atoms with Crippen LogP contribution in [0.3, 0.4) is 0 Å². The smallest absolute Gasteiger partial charge is 0.241 e. The lowest BCUT2D eigenvalue weighted by molar-refractivity contribution is -0.117. The quantitative estimate of drug-likeness (QED) is 0.842. The van der Waals surface area contributed by atoms with E-state index in [1.165, 1.54) is 0 Å². The van der Waals surface area contributed by atoms with E-state index < -0.39 is 6.04 Å². The summed E-state index contributed by atoms with van der Waals surface area (Å²) >= 11 is 3.40. The summed E-state index contributed by atoms with van der Waals surface area (Å²) in [5, 5.41) is 2.81. The van der Waals surface area contributed by atoms with Crippen LogP contribution < -0.4 is 15.8 Å². The first-order valence-electron chi connectivity index (χ1n) is 6.46. The second-order valence-corrected chi connectivity index (χ2v) is 5.64. The van der Waals surface area contributed by atoms with Crippen molar-refractivity contribution >= 4 is 27.5 Å². The Hall–Kier alpha value is -1.07. The number of nitrogens with one attached hydrogen (secondary N) is 1. The van der Waals surface area contributed by atoms with Crippen LogP contribution in [-0.4, -0.2) is 18.1 Å². The molecule has 106 valence electrons. The Morgan fingerprint density at radius 3 is 2.68 bits per heavy atom. The van der Waals surface area contributed by atoms with Crippen molar-refractivity contribution in [3.63, 3.8) is 0 Å². The minimum absolute atomic E-state index is 0.0835. The van der Waals surface area contributed by atoms with Gasteiger partial charge in [-0.1, -0.05) is 29.3 Å². The second-order valence-electron chi connectivity index (χ2n) is 4.73. The van der Waals surface area contributed by atoms with Crippen molar-refractivity contribution in [2.75, 3.05) is 5.32 Å². The fraction of sp³-hybridized carbons (Fsp3) is 0.500. The molecule has 1 amide bonds. The maximum absolute atomic E-state index is 11.9. The number of carbonyl (C=O) groups excluding carboxylic acids is 1. The van der Waals surface area contributed by atoms with Crippen LogP contribution in [0, 0.1) is 0 Å². The maximum Gasteiger partial charge on any atom is 0.241 e. The lowest BCUT2D eigenvalue weighted by atomic mass is 10.1. The minimum atomic E-state index is -0.474. The summed E-state index contributed by atoms with van der Waals surface area (Å²) in [5.74, 6) is 0.541. The summed E-state index contributed by atoms with van der Waals surface area (Å²) in [6.45, 7) is 5.91. The van der Waals surface area contributed by atoms with E-state index in [0.29, 0.717) is 17.9 Å². The van der Waals surface area contributed by atoms with Gasteiger partial charge in [-0.2, -0.15) is 0 Å². The summed E-state index contributed by atoms with van der Waals surface area (Å²) in [6, 6.07) is 5.01. The standard InChI is InChI=1S/C14H21BrN2O2/c1-4-5-13(16)14(18)17-11-6-10(15)7-12(8-11)19-9(2)3/h6-9,13H,4-5,16H2,1-3H3,(H,17,18). The molecule has 1 rings (SSSR count). The van der Waals surface area contributed by atoms with E-state index in [9.17, 15) is 4.79 Å². The Morgan fingerprint density at radius 2 is 2.11 bits per heavy atom. The third kappa shape index (κ3) is 5.61. The molecule has 1 unspecified atom stereocenters. The monoisotopic (exact) mass is 328 g/mol. The number of carbonyl (C=O) groups is 1. The normalized spacial score (nSPS) is 12.3. The number of benzene rings is 1. The highest BCUT2D eigenvalue weighted by molar-refractivity contribution is 9.10. The fourth-order valence-electron chi connectivity index (χ4n) is 1.65. The van der Waals surface area contributed by atoms with E-state index in [0.717, 1.165) is 10.9 Å². The highest BCUT2D eigenvalue weighted by atomic mass is 79.9. The highest BCUT2D eigenvalue weighted by Gasteiger charge is 2.13. The van der Waals surface area contributed by atoms with Gasteiger partial charge in [0.2, 0.25) is 5.91 Å². The molecule has 0 aliphatic rings. The van der Waals surface area contributed by atoms with Crippen molar-refractivity contribution in [1.82, 2.24) is 0 Å². The van der Waals surface area contributed by atoms with Crippen LogP contribution in [-0.2, 0) is 4.79 Å². The first-order chi connectivity index (χ1) is 8.92. The van der Waals surface area contributed by atoms with Crippen LogP contribution in [0.5, 0.6) is 5.75 Å². The molecular formula is C14H21BrN2O2. The SMILES string of the molecule is CCCC(N)C(=O)Nc1cc(Br)cc(OC(C)C)c1. The third-order valence-corrected chi connectivity index (χ3v) is 2.90. The third-order valence-electron chi connectivity index (χ3n) is 2.45. The lowest BCUT2D eigenvalue weighted by Gasteiger charge is -2.14. The predicted octanol–water partition coefficient (Wildman–Crippen LogP) is 3.30. The highest BCUT2D eigenvalue weighted by Crippen LogP contribution is 2.25. The molecule has 0 spiro atoms. The number of rotatable bonds is 6. The number of amides is 1. The Labute approximate surface area is 122 Å². The Balaban J connectivity index is 2.77. The van der Waals surface area contributed by atoms with Gasteiger partial charge in [-0.25, -0.2) is 0 Å². The summed E-state index contributed by atoms with van der Waals surface area (Å²) < 4.78 is 6.46. The van der Waals surface area contributed by atoms with Crippen molar-refractivity contribution in [3.05, 3.63) is 22.7 Å².